The number of aryl methyl sites for hydroxylation is 2. The Labute approximate surface area is 188 Å². The number of anilines is 1. The van der Waals surface area contributed by atoms with E-state index in [4.69, 9.17) is 9.47 Å². The molecule has 1 saturated heterocycles. The minimum Gasteiger partial charge on any atom is -0.495 e. The van der Waals surface area contributed by atoms with E-state index in [2.05, 4.69) is 10.3 Å². The third-order valence-electron chi connectivity index (χ3n) is 5.51. The molecule has 1 amide bonds. The van der Waals surface area contributed by atoms with Gasteiger partial charge in [0.15, 0.2) is 0 Å². The molecule has 1 fully saturated rings. The number of methoxy groups -OCH3 is 1. The molecule has 0 bridgehead atoms. The number of carbonyl (C=O) groups excluding carboxylic acids is 2. The number of H-pyrrole nitrogens is 1. The molecule has 0 unspecified atom stereocenters. The molecule has 1 aromatic heterocycles. The van der Waals surface area contributed by atoms with Crippen LogP contribution in [0.3, 0.4) is 0 Å². The fourth-order valence-corrected chi connectivity index (χ4v) is 5.95. The van der Waals surface area contributed by atoms with Gasteiger partial charge in [0.1, 0.15) is 16.2 Å². The number of nitrogens with zero attached hydrogens (tertiary/aromatic N) is 1. The lowest BCUT2D eigenvalue weighted by Gasteiger charge is -2.31. The lowest BCUT2D eigenvalue weighted by atomic mass is 9.98. The number of ether oxygens (including phenoxy) is 2. The van der Waals surface area contributed by atoms with Crippen LogP contribution in [-0.4, -0.2) is 56.4 Å². The molecule has 0 spiro atoms. The summed E-state index contributed by atoms with van der Waals surface area (Å²) >= 11 is 0. The van der Waals surface area contributed by atoms with Gasteiger partial charge < -0.3 is 19.8 Å². The molecule has 2 N–H and O–H groups in total. The molecule has 174 valence electrons. The van der Waals surface area contributed by atoms with Crippen molar-refractivity contribution < 1.29 is 27.5 Å². The fourth-order valence-electron chi connectivity index (χ4n) is 4.02. The first-order valence-corrected chi connectivity index (χ1v) is 11.9. The number of para-hydroxylation sites is 2. The van der Waals surface area contributed by atoms with Gasteiger partial charge in [-0.3, -0.25) is 4.79 Å². The van der Waals surface area contributed by atoms with E-state index in [1.807, 2.05) is 0 Å². The van der Waals surface area contributed by atoms with Gasteiger partial charge in [-0.1, -0.05) is 12.1 Å². The van der Waals surface area contributed by atoms with Crippen molar-refractivity contribution in [3.63, 3.8) is 0 Å². The van der Waals surface area contributed by atoms with E-state index in [1.165, 1.54) is 11.4 Å². The summed E-state index contributed by atoms with van der Waals surface area (Å²) < 4.78 is 38.7. The average molecular weight is 464 g/mol. The number of amides is 1. The average Bonchev–Trinajstić information content (AvgIpc) is 3.08. The SMILES string of the molecule is CCOC(=O)c1c(C)[nH]c(C)c1S(=O)(=O)N1CCC[C@H](C(=O)Nc2ccccc2OC)C1. The molecule has 32 heavy (non-hydrogen) atoms. The van der Waals surface area contributed by atoms with E-state index in [0.717, 1.165) is 0 Å². The highest BCUT2D eigenvalue weighted by Gasteiger charge is 2.38. The minimum absolute atomic E-state index is 0.0185. The minimum atomic E-state index is -4.02. The van der Waals surface area contributed by atoms with Crippen LogP contribution in [0.5, 0.6) is 5.75 Å². The van der Waals surface area contributed by atoms with Crippen molar-refractivity contribution in [3.8, 4) is 5.75 Å². The van der Waals surface area contributed by atoms with Crippen molar-refractivity contribution in [2.75, 3.05) is 32.1 Å². The normalized spacial score (nSPS) is 17.1. The van der Waals surface area contributed by atoms with Crippen molar-refractivity contribution in [1.82, 2.24) is 9.29 Å². The van der Waals surface area contributed by atoms with Crippen LogP contribution >= 0.6 is 0 Å². The third-order valence-corrected chi connectivity index (χ3v) is 7.55. The third kappa shape index (κ3) is 4.66. The molecule has 0 saturated carbocycles. The van der Waals surface area contributed by atoms with Crippen LogP contribution in [-0.2, 0) is 19.6 Å². The Kier molecular flexibility index (Phi) is 7.25. The van der Waals surface area contributed by atoms with Crippen LogP contribution < -0.4 is 10.1 Å². The van der Waals surface area contributed by atoms with E-state index >= 15 is 0 Å². The first-order chi connectivity index (χ1) is 15.2. The summed E-state index contributed by atoms with van der Waals surface area (Å²) in [4.78, 5) is 28.2. The first kappa shape index (κ1) is 23.8. The van der Waals surface area contributed by atoms with Crippen LogP contribution in [0.15, 0.2) is 29.2 Å². The molecule has 9 nitrogen and oxygen atoms in total. The number of hydrogen-bond acceptors (Lipinski definition) is 6. The molecule has 1 aromatic carbocycles. The molecule has 1 aliphatic heterocycles. The number of aromatic nitrogens is 1. The molecule has 10 heteroatoms. The summed E-state index contributed by atoms with van der Waals surface area (Å²) in [5.41, 5.74) is 1.35. The van der Waals surface area contributed by atoms with Gasteiger partial charge >= 0.3 is 5.97 Å². The molecular formula is C22H29N3O6S. The van der Waals surface area contributed by atoms with Crippen molar-refractivity contribution >= 4 is 27.6 Å². The first-order valence-electron chi connectivity index (χ1n) is 10.5. The van der Waals surface area contributed by atoms with E-state index in [9.17, 15) is 18.0 Å². The Bertz CT molecular complexity index is 1110. The second-order valence-electron chi connectivity index (χ2n) is 7.69. The van der Waals surface area contributed by atoms with Crippen molar-refractivity contribution in [3.05, 3.63) is 41.2 Å². The number of esters is 1. The van der Waals surface area contributed by atoms with Gasteiger partial charge in [-0.2, -0.15) is 4.31 Å². The number of benzene rings is 1. The lowest BCUT2D eigenvalue weighted by Crippen LogP contribution is -2.44. The fraction of sp³-hybridized carbons (Fsp3) is 0.455. The molecule has 2 heterocycles. The summed E-state index contributed by atoms with van der Waals surface area (Å²) in [5, 5.41) is 2.84. The van der Waals surface area contributed by atoms with Crippen LogP contribution in [0.1, 0.15) is 41.5 Å². The highest BCUT2D eigenvalue weighted by atomic mass is 32.2. The van der Waals surface area contributed by atoms with Gasteiger partial charge in [-0.05, 0) is 45.7 Å². The van der Waals surface area contributed by atoms with Crippen molar-refractivity contribution in [2.45, 2.75) is 38.5 Å². The number of hydrogen-bond donors (Lipinski definition) is 2. The van der Waals surface area contributed by atoms with E-state index in [0.29, 0.717) is 35.7 Å². The van der Waals surface area contributed by atoms with Crippen LogP contribution in [0.4, 0.5) is 5.69 Å². The Hall–Kier alpha value is -2.85. The Morgan fingerprint density at radius 1 is 1.22 bits per heavy atom. The van der Waals surface area contributed by atoms with Crippen LogP contribution in [0.25, 0.3) is 0 Å². The summed E-state index contributed by atoms with van der Waals surface area (Å²) in [6.45, 7) is 5.34. The van der Waals surface area contributed by atoms with Crippen LogP contribution in [0.2, 0.25) is 0 Å². The van der Waals surface area contributed by atoms with Crippen LogP contribution in [0, 0.1) is 19.8 Å². The molecule has 3 rings (SSSR count). The molecule has 1 atom stereocenters. The number of sulfonamides is 1. The predicted octanol–water partition coefficient (Wildman–Crippen LogP) is 2.86. The quantitative estimate of drug-likeness (QED) is 0.610. The smallest absolute Gasteiger partial charge is 0.341 e. The predicted molar refractivity (Wildman–Crippen MR) is 119 cm³/mol. The summed E-state index contributed by atoms with van der Waals surface area (Å²) in [5.74, 6) is -0.967. The topological polar surface area (TPSA) is 118 Å². The number of nitrogens with one attached hydrogen (secondary N) is 2. The van der Waals surface area contributed by atoms with E-state index in [1.54, 1.807) is 45.0 Å². The molecular weight excluding hydrogens is 434 g/mol. The van der Waals surface area contributed by atoms with Gasteiger partial charge in [-0.25, -0.2) is 13.2 Å². The summed E-state index contributed by atoms with van der Waals surface area (Å²) in [7, 11) is -2.51. The maximum absolute atomic E-state index is 13.5. The molecule has 2 aromatic rings. The molecule has 0 radical (unpaired) electrons. The second kappa shape index (κ2) is 9.74. The van der Waals surface area contributed by atoms with Gasteiger partial charge in [0, 0.05) is 24.5 Å². The number of piperidine rings is 1. The maximum Gasteiger partial charge on any atom is 0.341 e. The lowest BCUT2D eigenvalue weighted by molar-refractivity contribution is -0.120. The zero-order valence-corrected chi connectivity index (χ0v) is 19.5. The van der Waals surface area contributed by atoms with Gasteiger partial charge in [0.05, 0.1) is 25.3 Å². The highest BCUT2D eigenvalue weighted by molar-refractivity contribution is 7.89. The van der Waals surface area contributed by atoms with Gasteiger partial charge in [0.2, 0.25) is 15.9 Å². The Morgan fingerprint density at radius 3 is 2.62 bits per heavy atom. The standard InChI is InChI=1S/C22H29N3O6S/c1-5-31-22(27)19-14(2)23-15(3)20(19)32(28,29)25-12-8-9-16(13-25)21(26)24-17-10-6-7-11-18(17)30-4/h6-7,10-11,16,23H,5,8-9,12-13H2,1-4H3,(H,24,26)/t16-/m0/s1. The molecule has 1 aliphatic rings. The summed E-state index contributed by atoms with van der Waals surface area (Å²) in [6, 6.07) is 7.04. The highest BCUT2D eigenvalue weighted by Crippen LogP contribution is 2.31. The Morgan fingerprint density at radius 2 is 1.94 bits per heavy atom. The van der Waals surface area contributed by atoms with Gasteiger partial charge in [-0.15, -0.1) is 0 Å². The number of aromatic amines is 1. The van der Waals surface area contributed by atoms with E-state index in [-0.39, 0.29) is 36.1 Å². The van der Waals surface area contributed by atoms with Crippen molar-refractivity contribution in [2.24, 2.45) is 5.92 Å². The monoisotopic (exact) mass is 463 g/mol. The zero-order valence-electron chi connectivity index (χ0n) is 18.7. The van der Waals surface area contributed by atoms with Crippen molar-refractivity contribution in [1.29, 1.82) is 0 Å². The Balaban J connectivity index is 1.85. The number of carbonyl (C=O) groups is 2. The maximum atomic E-state index is 13.5. The molecule has 0 aliphatic carbocycles. The number of rotatable bonds is 7. The second-order valence-corrected chi connectivity index (χ2v) is 9.57. The largest absolute Gasteiger partial charge is 0.495 e. The summed E-state index contributed by atoms with van der Waals surface area (Å²) in [6.07, 6.45) is 1.09. The van der Waals surface area contributed by atoms with E-state index < -0.39 is 21.9 Å². The zero-order chi connectivity index (χ0) is 23.5. The van der Waals surface area contributed by atoms with Gasteiger partial charge in [0.25, 0.3) is 0 Å².